The maximum absolute atomic E-state index is 4.75. The number of nitrogens with zero attached hydrogens (tertiary/aromatic N) is 3. The zero-order valence-corrected chi connectivity index (χ0v) is 16.4. The first-order valence-electron chi connectivity index (χ1n) is 9.65. The molecule has 140 valence electrons. The van der Waals surface area contributed by atoms with E-state index >= 15 is 0 Å². The summed E-state index contributed by atoms with van der Waals surface area (Å²) in [5.41, 5.74) is 3.91. The van der Waals surface area contributed by atoms with Gasteiger partial charge in [0.2, 0.25) is 0 Å². The van der Waals surface area contributed by atoms with Crippen molar-refractivity contribution >= 4 is 5.96 Å². The normalized spacial score (nSPS) is 16.9. The van der Waals surface area contributed by atoms with Crippen molar-refractivity contribution in [3.05, 3.63) is 34.9 Å². The Morgan fingerprint density at radius 2 is 1.76 bits per heavy atom. The fourth-order valence-electron chi connectivity index (χ4n) is 3.19. The van der Waals surface area contributed by atoms with E-state index in [-0.39, 0.29) is 0 Å². The molecule has 0 saturated carbocycles. The van der Waals surface area contributed by atoms with Crippen LogP contribution in [0.3, 0.4) is 0 Å². The summed E-state index contributed by atoms with van der Waals surface area (Å²) in [5, 5.41) is 6.83. The summed E-state index contributed by atoms with van der Waals surface area (Å²) >= 11 is 0. The molecule has 25 heavy (non-hydrogen) atoms. The van der Waals surface area contributed by atoms with Crippen LogP contribution in [0.25, 0.3) is 0 Å². The first kappa shape index (κ1) is 19.7. The van der Waals surface area contributed by atoms with E-state index in [1.807, 2.05) is 0 Å². The van der Waals surface area contributed by atoms with E-state index < -0.39 is 0 Å². The molecule has 0 amide bonds. The van der Waals surface area contributed by atoms with Gasteiger partial charge in [0.25, 0.3) is 0 Å². The van der Waals surface area contributed by atoms with Gasteiger partial charge in [0.1, 0.15) is 0 Å². The molecule has 1 aliphatic rings. The molecule has 1 fully saturated rings. The molecule has 1 aromatic carbocycles. The lowest BCUT2D eigenvalue weighted by Gasteiger charge is -2.34. The molecule has 1 saturated heterocycles. The molecule has 1 heterocycles. The SMILES string of the molecule is CCNC(=NCc1ccc(C)cc1C)NCCN1CCN(CC)CC1. The highest BCUT2D eigenvalue weighted by molar-refractivity contribution is 5.79. The molecule has 0 spiro atoms. The van der Waals surface area contributed by atoms with Crippen LogP contribution >= 0.6 is 0 Å². The van der Waals surface area contributed by atoms with Crippen molar-refractivity contribution in [3.63, 3.8) is 0 Å². The molecule has 2 N–H and O–H groups in total. The number of nitrogens with one attached hydrogen (secondary N) is 2. The average molecular weight is 346 g/mol. The smallest absolute Gasteiger partial charge is 0.191 e. The van der Waals surface area contributed by atoms with Gasteiger partial charge in [0.15, 0.2) is 5.96 Å². The Balaban J connectivity index is 1.79. The summed E-state index contributed by atoms with van der Waals surface area (Å²) in [7, 11) is 0. The standard InChI is InChI=1S/C20H35N5/c1-5-21-20(23-16-19-8-7-17(3)15-18(19)4)22-9-10-25-13-11-24(6-2)12-14-25/h7-8,15H,5-6,9-14,16H2,1-4H3,(H2,21,22,23). The van der Waals surface area contributed by atoms with Crippen LogP contribution < -0.4 is 10.6 Å². The summed E-state index contributed by atoms with van der Waals surface area (Å²) in [6.45, 7) is 18.2. The molecule has 0 atom stereocenters. The molecule has 0 radical (unpaired) electrons. The number of likely N-dealkylation sites (N-methyl/N-ethyl adjacent to an activating group) is 1. The van der Waals surface area contributed by atoms with E-state index in [2.05, 4.69) is 66.3 Å². The minimum Gasteiger partial charge on any atom is -0.357 e. The van der Waals surface area contributed by atoms with Gasteiger partial charge in [-0.2, -0.15) is 0 Å². The van der Waals surface area contributed by atoms with Crippen molar-refractivity contribution in [2.24, 2.45) is 4.99 Å². The second-order valence-electron chi connectivity index (χ2n) is 6.83. The Bertz CT molecular complexity index is 547. The lowest BCUT2D eigenvalue weighted by atomic mass is 10.1. The number of benzene rings is 1. The summed E-state index contributed by atoms with van der Waals surface area (Å²) < 4.78 is 0. The van der Waals surface area contributed by atoms with Crippen LogP contribution in [0.4, 0.5) is 0 Å². The molecule has 1 aliphatic heterocycles. The fourth-order valence-corrected chi connectivity index (χ4v) is 3.19. The molecular weight excluding hydrogens is 310 g/mol. The first-order valence-corrected chi connectivity index (χ1v) is 9.65. The van der Waals surface area contributed by atoms with E-state index in [0.29, 0.717) is 0 Å². The molecule has 1 aromatic rings. The van der Waals surface area contributed by atoms with Gasteiger partial charge in [-0.1, -0.05) is 30.7 Å². The van der Waals surface area contributed by atoms with Crippen LogP contribution in [0.1, 0.15) is 30.5 Å². The van der Waals surface area contributed by atoms with E-state index in [0.717, 1.165) is 32.1 Å². The molecule has 0 aliphatic carbocycles. The van der Waals surface area contributed by atoms with Crippen molar-refractivity contribution in [2.45, 2.75) is 34.2 Å². The van der Waals surface area contributed by atoms with Gasteiger partial charge in [-0.3, -0.25) is 4.90 Å². The maximum atomic E-state index is 4.75. The topological polar surface area (TPSA) is 42.9 Å². The van der Waals surface area contributed by atoms with Gasteiger partial charge < -0.3 is 15.5 Å². The highest BCUT2D eigenvalue weighted by Crippen LogP contribution is 2.11. The number of aryl methyl sites for hydroxylation is 2. The third kappa shape index (κ3) is 6.67. The molecule has 5 heteroatoms. The third-order valence-corrected chi connectivity index (χ3v) is 4.88. The van der Waals surface area contributed by atoms with Gasteiger partial charge in [0, 0.05) is 45.8 Å². The van der Waals surface area contributed by atoms with Crippen molar-refractivity contribution in [2.75, 3.05) is 52.4 Å². The fraction of sp³-hybridized carbons (Fsp3) is 0.650. The van der Waals surface area contributed by atoms with Gasteiger partial charge in [-0.25, -0.2) is 4.99 Å². The summed E-state index contributed by atoms with van der Waals surface area (Å²) in [6.07, 6.45) is 0. The Morgan fingerprint density at radius 3 is 2.40 bits per heavy atom. The van der Waals surface area contributed by atoms with E-state index in [4.69, 9.17) is 4.99 Å². The molecule has 0 aromatic heterocycles. The molecule has 0 unspecified atom stereocenters. The van der Waals surface area contributed by atoms with Crippen molar-refractivity contribution < 1.29 is 0 Å². The summed E-state index contributed by atoms with van der Waals surface area (Å²) in [5.74, 6) is 0.912. The highest BCUT2D eigenvalue weighted by atomic mass is 15.3. The number of piperazine rings is 1. The lowest BCUT2D eigenvalue weighted by molar-refractivity contribution is 0.139. The van der Waals surface area contributed by atoms with E-state index in [1.165, 1.54) is 49.4 Å². The van der Waals surface area contributed by atoms with E-state index in [1.54, 1.807) is 0 Å². The second-order valence-corrected chi connectivity index (χ2v) is 6.83. The molecule has 2 rings (SSSR count). The van der Waals surface area contributed by atoms with Crippen LogP contribution in [0, 0.1) is 13.8 Å². The average Bonchev–Trinajstić information content (AvgIpc) is 2.61. The Morgan fingerprint density at radius 1 is 1.04 bits per heavy atom. The van der Waals surface area contributed by atoms with Gasteiger partial charge in [-0.15, -0.1) is 0 Å². The first-order chi connectivity index (χ1) is 12.1. The lowest BCUT2D eigenvalue weighted by Crippen LogP contribution is -2.49. The van der Waals surface area contributed by atoms with Crippen LogP contribution in [-0.4, -0.2) is 68.1 Å². The number of hydrogen-bond donors (Lipinski definition) is 2. The van der Waals surface area contributed by atoms with Crippen molar-refractivity contribution in [1.82, 2.24) is 20.4 Å². The minimum atomic E-state index is 0.719. The number of rotatable bonds is 7. The van der Waals surface area contributed by atoms with Crippen LogP contribution in [0.15, 0.2) is 23.2 Å². The Hall–Kier alpha value is -1.59. The van der Waals surface area contributed by atoms with Gasteiger partial charge >= 0.3 is 0 Å². The predicted octanol–water partition coefficient (Wildman–Crippen LogP) is 2.00. The van der Waals surface area contributed by atoms with Crippen molar-refractivity contribution in [1.29, 1.82) is 0 Å². The zero-order valence-electron chi connectivity index (χ0n) is 16.4. The third-order valence-electron chi connectivity index (χ3n) is 4.88. The predicted molar refractivity (Wildman–Crippen MR) is 107 cm³/mol. The van der Waals surface area contributed by atoms with Gasteiger partial charge in [-0.05, 0) is 38.4 Å². The van der Waals surface area contributed by atoms with Crippen LogP contribution in [-0.2, 0) is 6.54 Å². The quantitative estimate of drug-likeness (QED) is 0.586. The monoisotopic (exact) mass is 345 g/mol. The summed E-state index contributed by atoms with van der Waals surface area (Å²) in [4.78, 5) is 9.80. The largest absolute Gasteiger partial charge is 0.357 e. The Labute approximate surface area is 153 Å². The minimum absolute atomic E-state index is 0.719. The van der Waals surface area contributed by atoms with E-state index in [9.17, 15) is 0 Å². The molecular formula is C20H35N5. The van der Waals surface area contributed by atoms with Crippen LogP contribution in [0.5, 0.6) is 0 Å². The maximum Gasteiger partial charge on any atom is 0.191 e. The number of guanidine groups is 1. The van der Waals surface area contributed by atoms with Gasteiger partial charge in [0.05, 0.1) is 6.54 Å². The number of aliphatic imine (C=N–C) groups is 1. The Kier molecular flexibility index (Phi) is 8.22. The van der Waals surface area contributed by atoms with Crippen LogP contribution in [0.2, 0.25) is 0 Å². The molecule has 5 nitrogen and oxygen atoms in total. The zero-order chi connectivity index (χ0) is 18.1. The highest BCUT2D eigenvalue weighted by Gasteiger charge is 2.14. The molecule has 0 bridgehead atoms. The van der Waals surface area contributed by atoms with Crippen molar-refractivity contribution in [3.8, 4) is 0 Å². The number of hydrogen-bond acceptors (Lipinski definition) is 3. The summed E-state index contributed by atoms with van der Waals surface area (Å²) in [6, 6.07) is 6.57. The second kappa shape index (κ2) is 10.4.